The average Bonchev–Trinajstić information content (AvgIpc) is 2.48. The maximum absolute atomic E-state index is 12.5. The summed E-state index contributed by atoms with van der Waals surface area (Å²) in [5, 5.41) is 0. The Morgan fingerprint density at radius 1 is 1.27 bits per heavy atom. The van der Waals surface area contributed by atoms with Crippen molar-refractivity contribution in [2.75, 3.05) is 6.54 Å². The Kier molecular flexibility index (Phi) is 5.75. The molecular formula is C17H27N3O2. The number of nitrogens with one attached hydrogen (secondary N) is 1. The Bertz CT molecular complexity index is 574. The van der Waals surface area contributed by atoms with E-state index in [1.807, 2.05) is 18.7 Å². The summed E-state index contributed by atoms with van der Waals surface area (Å²) in [6, 6.07) is 0.391. The zero-order valence-corrected chi connectivity index (χ0v) is 13.9. The fourth-order valence-corrected chi connectivity index (χ4v) is 3.45. The molecule has 1 heterocycles. The molecule has 22 heavy (non-hydrogen) atoms. The Labute approximate surface area is 132 Å². The fraction of sp³-hybridized carbons (Fsp3) is 0.706. The van der Waals surface area contributed by atoms with Crippen LogP contribution in [0.1, 0.15) is 62.5 Å². The number of hydrogen-bond acceptors (Lipinski definition) is 3. The molecular weight excluding hydrogens is 278 g/mol. The van der Waals surface area contributed by atoms with E-state index in [9.17, 15) is 9.59 Å². The Hall–Kier alpha value is -1.65. The minimum absolute atomic E-state index is 0.112. The molecule has 1 N–H and O–H groups in total. The second kappa shape index (κ2) is 7.56. The second-order valence-corrected chi connectivity index (χ2v) is 6.19. The smallest absolute Gasteiger partial charge is 0.254 e. The van der Waals surface area contributed by atoms with Gasteiger partial charge in [-0.1, -0.05) is 19.3 Å². The zero-order chi connectivity index (χ0) is 16.1. The summed E-state index contributed by atoms with van der Waals surface area (Å²) in [7, 11) is 0. The number of aryl methyl sites for hydroxylation is 2. The number of carbonyl (C=O) groups excluding carboxylic acids is 1. The largest absolute Gasteiger partial charge is 0.340 e. The Balaban J connectivity index is 2.01. The van der Waals surface area contributed by atoms with Gasteiger partial charge in [0.1, 0.15) is 5.82 Å². The van der Waals surface area contributed by atoms with Crippen LogP contribution in [0.15, 0.2) is 4.79 Å². The van der Waals surface area contributed by atoms with E-state index in [-0.39, 0.29) is 11.5 Å². The van der Waals surface area contributed by atoms with Crippen molar-refractivity contribution < 1.29 is 4.79 Å². The van der Waals surface area contributed by atoms with Crippen molar-refractivity contribution in [3.8, 4) is 0 Å². The van der Waals surface area contributed by atoms with Gasteiger partial charge in [-0.2, -0.15) is 0 Å². The predicted molar refractivity (Wildman–Crippen MR) is 86.9 cm³/mol. The zero-order valence-electron chi connectivity index (χ0n) is 13.9. The molecule has 122 valence electrons. The minimum atomic E-state index is -0.112. The van der Waals surface area contributed by atoms with Crippen LogP contribution in [-0.2, 0) is 11.2 Å². The molecule has 1 fully saturated rings. The predicted octanol–water partition coefficient (Wildman–Crippen LogP) is 2.50. The van der Waals surface area contributed by atoms with Gasteiger partial charge < -0.3 is 9.88 Å². The first-order valence-electron chi connectivity index (χ1n) is 8.38. The topological polar surface area (TPSA) is 66.1 Å². The third-order valence-electron chi connectivity index (χ3n) is 4.61. The van der Waals surface area contributed by atoms with Crippen LogP contribution in [0.2, 0.25) is 0 Å². The third-order valence-corrected chi connectivity index (χ3v) is 4.61. The number of rotatable bonds is 5. The fourth-order valence-electron chi connectivity index (χ4n) is 3.45. The highest BCUT2D eigenvalue weighted by Crippen LogP contribution is 2.23. The lowest BCUT2D eigenvalue weighted by Gasteiger charge is -2.33. The van der Waals surface area contributed by atoms with E-state index in [4.69, 9.17) is 0 Å². The standard InChI is InChI=1S/C17H27N3O2/c1-4-20(14-8-6-5-7-9-14)16(21)11-10-15-12(2)18-13(3)19-17(15)22/h14H,4-11H2,1-3H3,(H,18,19,22). The highest BCUT2D eigenvalue weighted by Gasteiger charge is 2.24. The number of nitrogens with zero attached hydrogens (tertiary/aromatic N) is 2. The van der Waals surface area contributed by atoms with Gasteiger partial charge in [0.05, 0.1) is 0 Å². The highest BCUT2D eigenvalue weighted by atomic mass is 16.2. The molecule has 1 saturated carbocycles. The van der Waals surface area contributed by atoms with Crippen molar-refractivity contribution >= 4 is 5.91 Å². The molecule has 2 rings (SSSR count). The molecule has 0 aliphatic heterocycles. The Morgan fingerprint density at radius 2 is 1.95 bits per heavy atom. The molecule has 1 aromatic heterocycles. The number of H-pyrrole nitrogens is 1. The molecule has 5 heteroatoms. The van der Waals surface area contributed by atoms with Crippen molar-refractivity contribution in [3.63, 3.8) is 0 Å². The summed E-state index contributed by atoms with van der Waals surface area (Å²) < 4.78 is 0. The van der Waals surface area contributed by atoms with Gasteiger partial charge in [0, 0.05) is 30.3 Å². The van der Waals surface area contributed by atoms with Crippen molar-refractivity contribution in [1.29, 1.82) is 0 Å². The molecule has 0 radical (unpaired) electrons. The van der Waals surface area contributed by atoms with Gasteiger partial charge in [-0.05, 0) is 40.0 Å². The monoisotopic (exact) mass is 305 g/mol. The lowest BCUT2D eigenvalue weighted by Crippen LogP contribution is -2.41. The van der Waals surface area contributed by atoms with E-state index < -0.39 is 0 Å². The average molecular weight is 305 g/mol. The van der Waals surface area contributed by atoms with Gasteiger partial charge >= 0.3 is 0 Å². The van der Waals surface area contributed by atoms with E-state index in [0.717, 1.165) is 25.1 Å². The lowest BCUT2D eigenvalue weighted by atomic mass is 9.94. The van der Waals surface area contributed by atoms with Crippen LogP contribution < -0.4 is 5.56 Å². The van der Waals surface area contributed by atoms with Crippen LogP contribution in [0.5, 0.6) is 0 Å². The number of hydrogen-bond donors (Lipinski definition) is 1. The molecule has 1 amide bonds. The molecule has 5 nitrogen and oxygen atoms in total. The number of carbonyl (C=O) groups is 1. The normalized spacial score (nSPS) is 15.8. The van der Waals surface area contributed by atoms with Crippen molar-refractivity contribution in [2.24, 2.45) is 0 Å². The van der Waals surface area contributed by atoms with Crippen LogP contribution in [0.25, 0.3) is 0 Å². The van der Waals surface area contributed by atoms with Crippen LogP contribution in [0, 0.1) is 13.8 Å². The van der Waals surface area contributed by atoms with Gasteiger partial charge in [0.25, 0.3) is 5.56 Å². The van der Waals surface area contributed by atoms with Gasteiger partial charge in [-0.15, -0.1) is 0 Å². The maximum atomic E-state index is 12.5. The summed E-state index contributed by atoms with van der Waals surface area (Å²) in [6.45, 7) is 6.40. The van der Waals surface area contributed by atoms with Crippen molar-refractivity contribution in [1.82, 2.24) is 14.9 Å². The Morgan fingerprint density at radius 3 is 2.55 bits per heavy atom. The molecule has 1 aromatic rings. The lowest BCUT2D eigenvalue weighted by molar-refractivity contribution is -0.133. The minimum Gasteiger partial charge on any atom is -0.340 e. The van der Waals surface area contributed by atoms with Gasteiger partial charge in [-0.25, -0.2) is 4.98 Å². The quantitative estimate of drug-likeness (QED) is 0.909. The highest BCUT2D eigenvalue weighted by molar-refractivity contribution is 5.76. The van der Waals surface area contributed by atoms with Crippen LogP contribution in [0.4, 0.5) is 0 Å². The second-order valence-electron chi connectivity index (χ2n) is 6.19. The number of aromatic amines is 1. The molecule has 0 bridgehead atoms. The first-order chi connectivity index (χ1) is 10.5. The van der Waals surface area contributed by atoms with Crippen molar-refractivity contribution in [3.05, 3.63) is 27.4 Å². The maximum Gasteiger partial charge on any atom is 0.254 e. The molecule has 0 unspecified atom stereocenters. The van der Waals surface area contributed by atoms with Crippen LogP contribution in [-0.4, -0.2) is 33.4 Å². The van der Waals surface area contributed by atoms with Crippen molar-refractivity contribution in [2.45, 2.75) is 71.8 Å². The summed E-state index contributed by atoms with van der Waals surface area (Å²) >= 11 is 0. The molecule has 0 spiro atoms. The van der Waals surface area contributed by atoms with E-state index >= 15 is 0 Å². The molecule has 0 atom stereocenters. The molecule has 1 aliphatic rings. The van der Waals surface area contributed by atoms with Gasteiger partial charge in [0.15, 0.2) is 0 Å². The summed E-state index contributed by atoms with van der Waals surface area (Å²) in [4.78, 5) is 33.5. The third kappa shape index (κ3) is 3.96. The summed E-state index contributed by atoms with van der Waals surface area (Å²) in [5.41, 5.74) is 1.26. The van der Waals surface area contributed by atoms with Gasteiger partial charge in [-0.3, -0.25) is 9.59 Å². The van der Waals surface area contributed by atoms with E-state index in [0.29, 0.717) is 30.3 Å². The summed E-state index contributed by atoms with van der Waals surface area (Å²) in [5.74, 6) is 0.781. The van der Waals surface area contributed by atoms with E-state index in [1.165, 1.54) is 19.3 Å². The molecule has 1 aliphatic carbocycles. The van der Waals surface area contributed by atoms with Gasteiger partial charge in [0.2, 0.25) is 5.91 Å². The first-order valence-corrected chi connectivity index (χ1v) is 8.38. The molecule has 0 aromatic carbocycles. The summed E-state index contributed by atoms with van der Waals surface area (Å²) in [6.07, 6.45) is 6.81. The SMILES string of the molecule is CCN(C(=O)CCc1c(C)nc(C)[nH]c1=O)C1CCCCC1. The molecule has 0 saturated heterocycles. The number of amides is 1. The van der Waals surface area contributed by atoms with E-state index in [2.05, 4.69) is 9.97 Å². The van der Waals surface area contributed by atoms with Crippen LogP contribution >= 0.6 is 0 Å². The number of aromatic nitrogens is 2. The van der Waals surface area contributed by atoms with Crippen LogP contribution in [0.3, 0.4) is 0 Å². The first kappa shape index (κ1) is 16.7. The van der Waals surface area contributed by atoms with E-state index in [1.54, 1.807) is 6.92 Å².